The first kappa shape index (κ1) is 14.9. The van der Waals surface area contributed by atoms with E-state index in [2.05, 4.69) is 4.99 Å². The SMILES string of the molecule is CC[C@H](CO)N=C(C)CC(=O)c1ccc(Cl)cc1. The number of rotatable bonds is 6. The van der Waals surface area contributed by atoms with E-state index in [0.29, 0.717) is 10.6 Å². The van der Waals surface area contributed by atoms with Crippen molar-refractivity contribution < 1.29 is 9.90 Å². The highest BCUT2D eigenvalue weighted by Gasteiger charge is 2.09. The van der Waals surface area contributed by atoms with Gasteiger partial charge in [0, 0.05) is 22.7 Å². The lowest BCUT2D eigenvalue weighted by molar-refractivity contribution is 0.100. The van der Waals surface area contributed by atoms with Gasteiger partial charge in [-0.05, 0) is 37.6 Å². The Labute approximate surface area is 113 Å². The Balaban J connectivity index is 2.67. The van der Waals surface area contributed by atoms with Crippen molar-refractivity contribution in [2.24, 2.45) is 4.99 Å². The van der Waals surface area contributed by atoms with Gasteiger partial charge < -0.3 is 5.11 Å². The molecule has 0 heterocycles. The summed E-state index contributed by atoms with van der Waals surface area (Å²) in [5.41, 5.74) is 1.38. The van der Waals surface area contributed by atoms with Crippen LogP contribution in [0.1, 0.15) is 37.0 Å². The van der Waals surface area contributed by atoms with Crippen LogP contribution >= 0.6 is 11.6 Å². The van der Waals surface area contributed by atoms with Crippen molar-refractivity contribution in [3.8, 4) is 0 Å². The largest absolute Gasteiger partial charge is 0.394 e. The van der Waals surface area contributed by atoms with Gasteiger partial charge in [-0.1, -0.05) is 18.5 Å². The number of aliphatic hydroxyl groups excluding tert-OH is 1. The third kappa shape index (κ3) is 4.59. The van der Waals surface area contributed by atoms with E-state index in [9.17, 15) is 4.79 Å². The van der Waals surface area contributed by atoms with E-state index in [-0.39, 0.29) is 24.9 Å². The monoisotopic (exact) mass is 267 g/mol. The van der Waals surface area contributed by atoms with E-state index < -0.39 is 0 Å². The number of aliphatic hydroxyl groups is 1. The van der Waals surface area contributed by atoms with Crippen molar-refractivity contribution in [3.63, 3.8) is 0 Å². The predicted molar refractivity (Wildman–Crippen MR) is 74.7 cm³/mol. The van der Waals surface area contributed by atoms with Crippen LogP contribution in [0, 0.1) is 0 Å². The summed E-state index contributed by atoms with van der Waals surface area (Å²) in [4.78, 5) is 16.3. The first-order chi connectivity index (χ1) is 8.56. The van der Waals surface area contributed by atoms with Gasteiger partial charge in [-0.2, -0.15) is 0 Å². The minimum absolute atomic E-state index is 0.0145. The molecule has 1 N–H and O–H groups in total. The zero-order valence-electron chi connectivity index (χ0n) is 10.7. The van der Waals surface area contributed by atoms with Crippen molar-refractivity contribution in [2.75, 3.05) is 6.61 Å². The van der Waals surface area contributed by atoms with Crippen molar-refractivity contribution in [1.82, 2.24) is 0 Å². The Morgan fingerprint density at radius 2 is 2.00 bits per heavy atom. The Morgan fingerprint density at radius 3 is 2.50 bits per heavy atom. The molecule has 1 aromatic carbocycles. The third-order valence-electron chi connectivity index (χ3n) is 2.67. The second-order valence-corrected chi connectivity index (χ2v) is 4.65. The molecule has 0 saturated heterocycles. The molecule has 1 aromatic rings. The molecular weight excluding hydrogens is 250 g/mol. The lowest BCUT2D eigenvalue weighted by Crippen LogP contribution is -2.13. The Hall–Kier alpha value is -1.19. The number of carbonyl (C=O) groups is 1. The number of hydrogen-bond donors (Lipinski definition) is 1. The van der Waals surface area contributed by atoms with E-state index in [1.54, 1.807) is 24.3 Å². The molecule has 1 atom stereocenters. The Kier molecular flexibility index (Phi) is 6.02. The van der Waals surface area contributed by atoms with E-state index >= 15 is 0 Å². The summed E-state index contributed by atoms with van der Waals surface area (Å²) in [5, 5.41) is 9.66. The van der Waals surface area contributed by atoms with Crippen LogP contribution in [0.5, 0.6) is 0 Å². The minimum Gasteiger partial charge on any atom is -0.394 e. The molecule has 0 unspecified atom stereocenters. The highest BCUT2D eigenvalue weighted by atomic mass is 35.5. The summed E-state index contributed by atoms with van der Waals surface area (Å²) in [6.07, 6.45) is 1.04. The lowest BCUT2D eigenvalue weighted by Gasteiger charge is -2.08. The number of carbonyl (C=O) groups excluding carboxylic acids is 1. The molecule has 0 radical (unpaired) electrons. The van der Waals surface area contributed by atoms with Crippen LogP contribution in [0.25, 0.3) is 0 Å². The summed E-state index contributed by atoms with van der Waals surface area (Å²) in [6.45, 7) is 3.79. The average molecular weight is 268 g/mol. The van der Waals surface area contributed by atoms with Gasteiger partial charge in [-0.15, -0.1) is 0 Å². The third-order valence-corrected chi connectivity index (χ3v) is 2.92. The molecule has 98 valence electrons. The number of ketones is 1. The van der Waals surface area contributed by atoms with Gasteiger partial charge in [0.25, 0.3) is 0 Å². The second kappa shape index (κ2) is 7.29. The fourth-order valence-electron chi connectivity index (χ4n) is 1.59. The highest BCUT2D eigenvalue weighted by Crippen LogP contribution is 2.11. The van der Waals surface area contributed by atoms with Crippen molar-refractivity contribution in [3.05, 3.63) is 34.9 Å². The normalized spacial score (nSPS) is 13.4. The molecule has 3 nitrogen and oxygen atoms in total. The lowest BCUT2D eigenvalue weighted by atomic mass is 10.1. The molecule has 4 heteroatoms. The van der Waals surface area contributed by atoms with Crippen LogP contribution in [0.2, 0.25) is 5.02 Å². The molecule has 0 saturated carbocycles. The smallest absolute Gasteiger partial charge is 0.168 e. The van der Waals surface area contributed by atoms with Gasteiger partial charge in [-0.25, -0.2) is 0 Å². The predicted octanol–water partition coefficient (Wildman–Crippen LogP) is 3.14. The van der Waals surface area contributed by atoms with Crippen LogP contribution in [-0.4, -0.2) is 29.3 Å². The zero-order chi connectivity index (χ0) is 13.5. The minimum atomic E-state index is -0.108. The van der Waals surface area contributed by atoms with Crippen molar-refractivity contribution >= 4 is 23.1 Å². The zero-order valence-corrected chi connectivity index (χ0v) is 11.4. The molecule has 0 spiro atoms. The summed E-state index contributed by atoms with van der Waals surface area (Å²) >= 11 is 5.77. The highest BCUT2D eigenvalue weighted by molar-refractivity contribution is 6.30. The topological polar surface area (TPSA) is 49.7 Å². The van der Waals surface area contributed by atoms with E-state index in [4.69, 9.17) is 16.7 Å². The number of nitrogens with zero attached hydrogens (tertiary/aromatic N) is 1. The van der Waals surface area contributed by atoms with E-state index in [0.717, 1.165) is 12.1 Å². The van der Waals surface area contributed by atoms with Crippen LogP contribution in [0.4, 0.5) is 0 Å². The van der Waals surface area contributed by atoms with Crippen LogP contribution < -0.4 is 0 Å². The van der Waals surface area contributed by atoms with Gasteiger partial charge in [0.05, 0.1) is 12.6 Å². The molecular formula is C14H18ClNO2. The maximum atomic E-state index is 11.9. The maximum absolute atomic E-state index is 11.9. The maximum Gasteiger partial charge on any atom is 0.168 e. The van der Waals surface area contributed by atoms with Crippen LogP contribution in [-0.2, 0) is 0 Å². The second-order valence-electron chi connectivity index (χ2n) is 4.22. The van der Waals surface area contributed by atoms with Gasteiger partial charge in [0.2, 0.25) is 0 Å². The van der Waals surface area contributed by atoms with Crippen molar-refractivity contribution in [1.29, 1.82) is 0 Å². The van der Waals surface area contributed by atoms with E-state index in [1.165, 1.54) is 0 Å². The fraction of sp³-hybridized carbons (Fsp3) is 0.429. The first-order valence-electron chi connectivity index (χ1n) is 5.99. The molecule has 0 amide bonds. The standard InChI is InChI=1S/C14H18ClNO2/c1-3-13(9-17)16-10(2)8-14(18)11-4-6-12(15)7-5-11/h4-7,13,17H,3,8-9H2,1-2H3/t13-/m1/s1. The first-order valence-corrected chi connectivity index (χ1v) is 6.37. The number of aliphatic imine (C=N–C) groups is 1. The van der Waals surface area contributed by atoms with Gasteiger partial charge in [-0.3, -0.25) is 9.79 Å². The number of halogens is 1. The summed E-state index contributed by atoms with van der Waals surface area (Å²) < 4.78 is 0. The van der Waals surface area contributed by atoms with Crippen LogP contribution in [0.15, 0.2) is 29.3 Å². The summed E-state index contributed by atoms with van der Waals surface area (Å²) in [5.74, 6) is 0.0145. The van der Waals surface area contributed by atoms with Crippen molar-refractivity contribution in [2.45, 2.75) is 32.7 Å². The van der Waals surface area contributed by atoms with Gasteiger partial charge in [0.15, 0.2) is 5.78 Å². The quantitative estimate of drug-likeness (QED) is 0.636. The molecule has 0 bridgehead atoms. The Morgan fingerprint density at radius 1 is 1.39 bits per heavy atom. The average Bonchev–Trinajstić information content (AvgIpc) is 2.36. The molecule has 0 aliphatic carbocycles. The van der Waals surface area contributed by atoms with Gasteiger partial charge >= 0.3 is 0 Å². The number of benzene rings is 1. The Bertz CT molecular complexity index is 422. The number of Topliss-reactive ketones (excluding diaryl/α,β-unsaturated/α-hetero) is 1. The summed E-state index contributed by atoms with van der Waals surface area (Å²) in [7, 11) is 0. The molecule has 0 aromatic heterocycles. The molecule has 0 fully saturated rings. The molecule has 1 rings (SSSR count). The molecule has 18 heavy (non-hydrogen) atoms. The summed E-state index contributed by atoms with van der Waals surface area (Å²) in [6, 6.07) is 6.71. The van der Waals surface area contributed by atoms with Gasteiger partial charge in [0.1, 0.15) is 0 Å². The number of hydrogen-bond acceptors (Lipinski definition) is 3. The molecule has 0 aliphatic heterocycles. The van der Waals surface area contributed by atoms with E-state index in [1.807, 2.05) is 13.8 Å². The fourth-order valence-corrected chi connectivity index (χ4v) is 1.71. The molecule has 0 aliphatic rings. The van der Waals surface area contributed by atoms with Crippen LogP contribution in [0.3, 0.4) is 0 Å².